The molecule has 0 fully saturated rings. The third-order valence-corrected chi connectivity index (χ3v) is 2.10. The summed E-state index contributed by atoms with van der Waals surface area (Å²) < 4.78 is 1.66. The Morgan fingerprint density at radius 3 is 2.77 bits per heavy atom. The van der Waals surface area contributed by atoms with Crippen LogP contribution in [0.1, 0.15) is 13.8 Å². The van der Waals surface area contributed by atoms with Crippen molar-refractivity contribution in [3.63, 3.8) is 0 Å². The summed E-state index contributed by atoms with van der Waals surface area (Å²) in [6, 6.07) is 0. The molecule has 13 heavy (non-hydrogen) atoms. The molecule has 1 heterocycles. The van der Waals surface area contributed by atoms with Crippen LogP contribution in [-0.2, 0) is 16.1 Å². The van der Waals surface area contributed by atoms with E-state index in [1.807, 2.05) is 0 Å². The summed E-state index contributed by atoms with van der Waals surface area (Å²) in [5, 5.41) is 1.80. The van der Waals surface area contributed by atoms with Gasteiger partial charge in [0, 0.05) is 18.5 Å². The van der Waals surface area contributed by atoms with Gasteiger partial charge in [-0.2, -0.15) is 4.99 Å². The zero-order chi connectivity index (χ0) is 9.84. The molecule has 5 heteroatoms. The summed E-state index contributed by atoms with van der Waals surface area (Å²) >= 11 is 1.34. The predicted molar refractivity (Wildman–Crippen MR) is 49.2 cm³/mol. The molecule has 4 nitrogen and oxygen atoms in total. The van der Waals surface area contributed by atoms with E-state index in [2.05, 4.69) is 4.99 Å². The van der Waals surface area contributed by atoms with Gasteiger partial charge in [0.25, 0.3) is 0 Å². The van der Waals surface area contributed by atoms with Gasteiger partial charge >= 0.3 is 0 Å². The Balaban J connectivity index is 3.02. The number of carbonyl (C=O) groups is 2. The lowest BCUT2D eigenvalue weighted by molar-refractivity contribution is -0.118. The molecule has 0 atom stereocenters. The van der Waals surface area contributed by atoms with Crippen molar-refractivity contribution < 1.29 is 9.59 Å². The lowest BCUT2D eigenvalue weighted by atomic mass is 10.4. The monoisotopic (exact) mass is 198 g/mol. The quantitative estimate of drug-likeness (QED) is 0.698. The average molecular weight is 198 g/mol. The van der Waals surface area contributed by atoms with Crippen LogP contribution in [0.5, 0.6) is 0 Å². The molecule has 0 aromatic carbocycles. The highest BCUT2D eigenvalue weighted by Crippen LogP contribution is 1.90. The van der Waals surface area contributed by atoms with Gasteiger partial charge < -0.3 is 4.57 Å². The molecule has 0 N–H and O–H groups in total. The molecule has 1 rings (SSSR count). The number of rotatable bonds is 2. The highest BCUT2D eigenvalue weighted by Gasteiger charge is 1.98. The van der Waals surface area contributed by atoms with E-state index in [1.54, 1.807) is 16.1 Å². The van der Waals surface area contributed by atoms with Gasteiger partial charge in [-0.25, -0.2) is 0 Å². The van der Waals surface area contributed by atoms with Crippen LogP contribution >= 0.6 is 11.3 Å². The van der Waals surface area contributed by atoms with Crippen LogP contribution in [0.2, 0.25) is 0 Å². The molecule has 0 radical (unpaired) electrons. The highest BCUT2D eigenvalue weighted by atomic mass is 32.1. The van der Waals surface area contributed by atoms with Crippen LogP contribution in [0.15, 0.2) is 16.6 Å². The molecule has 70 valence electrons. The van der Waals surface area contributed by atoms with Gasteiger partial charge in [-0.15, -0.1) is 11.3 Å². The van der Waals surface area contributed by atoms with Crippen LogP contribution in [0.25, 0.3) is 0 Å². The van der Waals surface area contributed by atoms with Crippen molar-refractivity contribution in [3.05, 3.63) is 16.4 Å². The molecule has 0 saturated carbocycles. The number of nitrogens with zero attached hydrogens (tertiary/aromatic N) is 2. The first-order valence-corrected chi connectivity index (χ1v) is 4.66. The molecule has 0 spiro atoms. The topological polar surface area (TPSA) is 51.4 Å². The van der Waals surface area contributed by atoms with Crippen molar-refractivity contribution >= 4 is 23.0 Å². The van der Waals surface area contributed by atoms with Crippen molar-refractivity contribution in [1.82, 2.24) is 4.57 Å². The van der Waals surface area contributed by atoms with Crippen LogP contribution in [0.4, 0.5) is 0 Å². The molecule has 0 bridgehead atoms. The number of aromatic nitrogens is 1. The Labute approximate surface area is 79.5 Å². The van der Waals surface area contributed by atoms with Crippen molar-refractivity contribution in [2.75, 3.05) is 0 Å². The molecule has 1 aromatic heterocycles. The molecule has 0 unspecified atom stereocenters. The summed E-state index contributed by atoms with van der Waals surface area (Å²) in [5.74, 6) is -0.205. The van der Waals surface area contributed by atoms with Gasteiger partial charge in [0.05, 0.1) is 6.54 Å². The van der Waals surface area contributed by atoms with Crippen molar-refractivity contribution in [3.8, 4) is 0 Å². The van der Waals surface area contributed by atoms with Gasteiger partial charge in [-0.05, 0) is 6.92 Å². The standard InChI is InChI=1S/C8H10N2O2S/c1-6(11)5-10-3-4-13-8(10)9-7(2)12/h3-4H,5H2,1-2H3. The Kier molecular flexibility index (Phi) is 3.13. The van der Waals surface area contributed by atoms with Crippen molar-refractivity contribution in [2.24, 2.45) is 4.99 Å². The molecular formula is C8H10N2O2S. The number of thiazole rings is 1. The Morgan fingerprint density at radius 2 is 2.23 bits per heavy atom. The van der Waals surface area contributed by atoms with E-state index in [0.29, 0.717) is 4.80 Å². The van der Waals surface area contributed by atoms with E-state index in [-0.39, 0.29) is 18.2 Å². The normalized spacial score (nSPS) is 11.7. The number of hydrogen-bond donors (Lipinski definition) is 0. The van der Waals surface area contributed by atoms with Crippen molar-refractivity contribution in [1.29, 1.82) is 0 Å². The lowest BCUT2D eigenvalue weighted by Gasteiger charge is -1.96. The summed E-state index contributed by atoms with van der Waals surface area (Å²) in [6.07, 6.45) is 1.74. The van der Waals surface area contributed by atoms with Crippen LogP contribution in [-0.4, -0.2) is 16.3 Å². The molecule has 0 aliphatic heterocycles. The van der Waals surface area contributed by atoms with Crippen LogP contribution in [0.3, 0.4) is 0 Å². The SMILES string of the molecule is CC(=O)Cn1ccsc1=NC(C)=O. The van der Waals surface area contributed by atoms with Crippen LogP contribution in [0, 0.1) is 0 Å². The summed E-state index contributed by atoms with van der Waals surface area (Å²) in [7, 11) is 0. The zero-order valence-corrected chi connectivity index (χ0v) is 8.30. The van der Waals surface area contributed by atoms with E-state index in [1.165, 1.54) is 25.2 Å². The summed E-state index contributed by atoms with van der Waals surface area (Å²) in [4.78, 5) is 25.8. The smallest absolute Gasteiger partial charge is 0.245 e. The van der Waals surface area contributed by atoms with Gasteiger partial charge in [0.1, 0.15) is 5.78 Å². The first kappa shape index (κ1) is 9.85. The number of hydrogen-bond acceptors (Lipinski definition) is 3. The van der Waals surface area contributed by atoms with Gasteiger partial charge in [0.15, 0.2) is 4.80 Å². The first-order valence-electron chi connectivity index (χ1n) is 3.78. The fourth-order valence-corrected chi connectivity index (χ4v) is 1.65. The minimum Gasteiger partial charge on any atom is -0.316 e. The largest absolute Gasteiger partial charge is 0.316 e. The fraction of sp³-hybridized carbons (Fsp3) is 0.375. The minimum absolute atomic E-state index is 0.0448. The maximum Gasteiger partial charge on any atom is 0.245 e. The highest BCUT2D eigenvalue weighted by molar-refractivity contribution is 7.07. The third kappa shape index (κ3) is 2.95. The second-order valence-corrected chi connectivity index (χ2v) is 3.52. The maximum absolute atomic E-state index is 10.8. The van der Waals surface area contributed by atoms with E-state index in [0.717, 1.165) is 0 Å². The molecule has 1 amide bonds. The number of amides is 1. The Bertz CT molecular complexity index is 389. The Morgan fingerprint density at radius 1 is 1.54 bits per heavy atom. The number of Topliss-reactive ketones (excluding diaryl/α,β-unsaturated/α-hetero) is 1. The molecule has 0 aliphatic carbocycles. The molecule has 0 aliphatic rings. The summed E-state index contributed by atoms with van der Waals surface area (Å²) in [6.45, 7) is 3.16. The lowest BCUT2D eigenvalue weighted by Crippen LogP contribution is -2.19. The van der Waals surface area contributed by atoms with Gasteiger partial charge in [-0.1, -0.05) is 0 Å². The van der Waals surface area contributed by atoms with Crippen LogP contribution < -0.4 is 4.80 Å². The zero-order valence-electron chi connectivity index (χ0n) is 7.48. The second-order valence-electron chi connectivity index (χ2n) is 2.65. The van der Waals surface area contributed by atoms with Gasteiger partial charge in [0.2, 0.25) is 5.91 Å². The molecular weight excluding hydrogens is 188 g/mol. The number of ketones is 1. The Hall–Kier alpha value is -1.23. The third-order valence-electron chi connectivity index (χ3n) is 1.31. The summed E-state index contributed by atoms with van der Waals surface area (Å²) in [5.41, 5.74) is 0. The van der Waals surface area contributed by atoms with Gasteiger partial charge in [-0.3, -0.25) is 9.59 Å². The predicted octanol–water partition coefficient (Wildman–Crippen LogP) is 0.586. The van der Waals surface area contributed by atoms with E-state index in [4.69, 9.17) is 0 Å². The fourth-order valence-electron chi connectivity index (χ4n) is 0.882. The number of carbonyl (C=O) groups excluding carboxylic acids is 2. The second kappa shape index (κ2) is 4.13. The molecule has 0 saturated heterocycles. The van der Waals surface area contributed by atoms with E-state index < -0.39 is 0 Å². The minimum atomic E-state index is -0.250. The van der Waals surface area contributed by atoms with E-state index >= 15 is 0 Å². The maximum atomic E-state index is 10.8. The first-order chi connectivity index (χ1) is 6.09. The van der Waals surface area contributed by atoms with Crippen molar-refractivity contribution in [2.45, 2.75) is 20.4 Å². The van der Waals surface area contributed by atoms with E-state index in [9.17, 15) is 9.59 Å². The molecule has 1 aromatic rings. The average Bonchev–Trinajstić information content (AvgIpc) is 2.34.